The largest absolute Gasteiger partial charge is 0.506 e. The molecule has 10 nitrogen and oxygen atoms in total. The summed E-state index contributed by atoms with van der Waals surface area (Å²) < 4.78 is 37.9. The van der Waals surface area contributed by atoms with Crippen LogP contribution in [0.15, 0.2) is 46.3 Å². The van der Waals surface area contributed by atoms with Gasteiger partial charge in [0.15, 0.2) is 5.96 Å². The molecule has 2 aliphatic rings. The van der Waals surface area contributed by atoms with Gasteiger partial charge in [-0.1, -0.05) is 0 Å². The van der Waals surface area contributed by atoms with Crippen LogP contribution in [0.5, 0.6) is 5.75 Å². The van der Waals surface area contributed by atoms with Gasteiger partial charge >= 0.3 is 0 Å². The van der Waals surface area contributed by atoms with Gasteiger partial charge < -0.3 is 26.0 Å². The summed E-state index contributed by atoms with van der Waals surface area (Å²) in [6, 6.07) is 7.68. The Morgan fingerprint density at radius 3 is 2.62 bits per heavy atom. The summed E-state index contributed by atoms with van der Waals surface area (Å²) in [6.07, 6.45) is 2.67. The Labute approximate surface area is 197 Å². The number of nitrogens with two attached hydrogens (primary N) is 1. The molecule has 1 amide bonds. The van der Waals surface area contributed by atoms with Gasteiger partial charge in [0.1, 0.15) is 11.6 Å². The van der Waals surface area contributed by atoms with Crippen LogP contribution < -0.4 is 26.0 Å². The molecule has 0 unspecified atom stereocenters. The summed E-state index contributed by atoms with van der Waals surface area (Å²) in [7, 11) is -4.02. The molecule has 34 heavy (non-hydrogen) atoms. The zero-order valence-electron chi connectivity index (χ0n) is 18.4. The Morgan fingerprint density at radius 1 is 1.21 bits per heavy atom. The number of benzene rings is 2. The number of amides is 1. The van der Waals surface area contributed by atoms with E-state index < -0.39 is 21.7 Å². The number of hydrogen-bond donors (Lipinski definition) is 5. The lowest BCUT2D eigenvalue weighted by Crippen LogP contribution is -2.50. The molecule has 0 atom stereocenters. The number of halogens is 1. The normalized spacial score (nSPS) is 17.0. The molecule has 4 rings (SSSR count). The van der Waals surface area contributed by atoms with Gasteiger partial charge in [-0.05, 0) is 55.7 Å². The van der Waals surface area contributed by atoms with Crippen molar-refractivity contribution in [3.05, 3.63) is 47.8 Å². The molecular weight excluding hydrogens is 463 g/mol. The number of nitrogens with one attached hydrogen (secondary N) is 3. The molecule has 0 aliphatic carbocycles. The Balaban J connectivity index is 1.40. The van der Waals surface area contributed by atoms with Gasteiger partial charge in [-0.2, -0.15) is 0 Å². The number of aromatic hydroxyl groups is 1. The second kappa shape index (κ2) is 9.85. The summed E-state index contributed by atoms with van der Waals surface area (Å²) in [5.41, 5.74) is 0.287. The number of aliphatic imine (C=N–C) groups is 1. The molecule has 182 valence electrons. The van der Waals surface area contributed by atoms with Gasteiger partial charge in [0.2, 0.25) is 10.0 Å². The van der Waals surface area contributed by atoms with E-state index in [1.807, 2.05) is 4.90 Å². The van der Waals surface area contributed by atoms with Crippen LogP contribution in [0.3, 0.4) is 0 Å². The van der Waals surface area contributed by atoms with Crippen molar-refractivity contribution >= 4 is 33.3 Å². The highest BCUT2D eigenvalue weighted by atomic mass is 32.2. The number of rotatable bonds is 5. The van der Waals surface area contributed by atoms with E-state index in [1.54, 1.807) is 6.07 Å². The van der Waals surface area contributed by atoms with Crippen molar-refractivity contribution in [1.82, 2.24) is 10.6 Å². The van der Waals surface area contributed by atoms with E-state index >= 15 is 0 Å². The lowest BCUT2D eigenvalue weighted by molar-refractivity contribution is 0.102. The molecule has 0 bridgehead atoms. The number of carbonyl (C=O) groups excluding carboxylic acids is 1. The van der Waals surface area contributed by atoms with E-state index in [1.165, 1.54) is 6.07 Å². The molecule has 1 saturated heterocycles. The van der Waals surface area contributed by atoms with E-state index in [-0.39, 0.29) is 27.9 Å². The van der Waals surface area contributed by atoms with Crippen molar-refractivity contribution < 1.29 is 22.7 Å². The van der Waals surface area contributed by atoms with Crippen LogP contribution in [0.25, 0.3) is 0 Å². The monoisotopic (exact) mass is 490 g/mol. The van der Waals surface area contributed by atoms with Crippen LogP contribution in [0, 0.1) is 5.82 Å². The third-order valence-corrected chi connectivity index (χ3v) is 6.74. The van der Waals surface area contributed by atoms with Crippen LogP contribution in [-0.2, 0) is 10.0 Å². The maximum atomic E-state index is 14.9. The van der Waals surface area contributed by atoms with Crippen LogP contribution in [-0.4, -0.2) is 57.6 Å². The molecule has 6 N–H and O–H groups in total. The third kappa shape index (κ3) is 5.57. The standard InChI is InChI=1S/C22H27FN6O4S/c23-17-12-14(21(31)28-18-13-16(34(24,32)33)3-5-20(18)30)2-4-19(17)29-10-6-15(7-11-29)27-22-25-8-1-9-26-22/h2-5,12-13,15,30H,1,6-11H2,(H,28,31)(H2,24,32,33)(H2,25,26,27). The number of carbonyl (C=O) groups is 1. The van der Waals surface area contributed by atoms with Gasteiger partial charge in [0.25, 0.3) is 5.91 Å². The van der Waals surface area contributed by atoms with E-state index in [2.05, 4.69) is 20.9 Å². The van der Waals surface area contributed by atoms with Crippen LogP contribution in [0.1, 0.15) is 29.6 Å². The summed E-state index contributed by atoms with van der Waals surface area (Å²) in [5, 5.41) is 24.1. The minimum absolute atomic E-state index is 0.0274. The van der Waals surface area contributed by atoms with Crippen LogP contribution in [0.4, 0.5) is 15.8 Å². The fraction of sp³-hybridized carbons (Fsp3) is 0.364. The van der Waals surface area contributed by atoms with Gasteiger partial charge in [-0.15, -0.1) is 0 Å². The number of anilines is 2. The highest BCUT2D eigenvalue weighted by Gasteiger charge is 2.23. The Morgan fingerprint density at radius 2 is 1.97 bits per heavy atom. The van der Waals surface area contributed by atoms with Crippen molar-refractivity contribution in [3.8, 4) is 5.75 Å². The third-order valence-electron chi connectivity index (χ3n) is 5.83. The number of hydrogen-bond acceptors (Lipinski definition) is 8. The SMILES string of the molecule is NS(=O)(=O)c1ccc(O)c(NC(=O)c2ccc(N3CCC(NC4=NCCCN4)CC3)c(F)c2)c1. The summed E-state index contributed by atoms with van der Waals surface area (Å²) in [4.78, 5) is 18.7. The topological polar surface area (TPSA) is 149 Å². The predicted molar refractivity (Wildman–Crippen MR) is 127 cm³/mol. The number of sulfonamides is 1. The summed E-state index contributed by atoms with van der Waals surface area (Å²) in [5.74, 6) is -0.758. The predicted octanol–water partition coefficient (Wildman–Crippen LogP) is 1.34. The maximum absolute atomic E-state index is 14.9. The Kier molecular flexibility index (Phi) is 6.89. The second-order valence-corrected chi connectivity index (χ2v) is 9.82. The molecule has 2 aliphatic heterocycles. The van der Waals surface area contributed by atoms with Gasteiger partial charge in [0.05, 0.1) is 16.3 Å². The highest BCUT2D eigenvalue weighted by molar-refractivity contribution is 7.89. The molecule has 2 aromatic carbocycles. The smallest absolute Gasteiger partial charge is 0.255 e. The zero-order valence-corrected chi connectivity index (χ0v) is 19.2. The second-order valence-electron chi connectivity index (χ2n) is 8.26. The van der Waals surface area contributed by atoms with Gasteiger partial charge in [0, 0.05) is 37.8 Å². The van der Waals surface area contributed by atoms with Gasteiger partial charge in [-0.25, -0.2) is 17.9 Å². The highest BCUT2D eigenvalue weighted by Crippen LogP contribution is 2.28. The van der Waals surface area contributed by atoms with Crippen molar-refractivity contribution in [2.75, 3.05) is 36.4 Å². The minimum atomic E-state index is -4.02. The maximum Gasteiger partial charge on any atom is 0.255 e. The molecular formula is C22H27FN6O4S. The number of phenols is 1. The quantitative estimate of drug-likeness (QED) is 0.397. The average molecular weight is 491 g/mol. The first kappa shape index (κ1) is 23.8. The molecule has 0 spiro atoms. The van der Waals surface area contributed by atoms with Crippen LogP contribution in [0.2, 0.25) is 0 Å². The van der Waals surface area contributed by atoms with E-state index in [4.69, 9.17) is 5.14 Å². The van der Waals surface area contributed by atoms with Crippen molar-refractivity contribution in [1.29, 1.82) is 0 Å². The fourth-order valence-corrected chi connectivity index (χ4v) is 4.52. The van der Waals surface area contributed by atoms with Crippen molar-refractivity contribution in [2.45, 2.75) is 30.2 Å². The Hall–Kier alpha value is -3.38. The van der Waals surface area contributed by atoms with Crippen LogP contribution >= 0.6 is 0 Å². The number of guanidine groups is 1. The molecule has 0 saturated carbocycles. The lowest BCUT2D eigenvalue weighted by Gasteiger charge is -2.35. The summed E-state index contributed by atoms with van der Waals surface area (Å²) >= 11 is 0. The minimum Gasteiger partial charge on any atom is -0.506 e. The Bertz CT molecular complexity index is 1210. The molecule has 0 radical (unpaired) electrons. The molecule has 0 aromatic heterocycles. The molecule has 1 fully saturated rings. The number of piperidine rings is 1. The van der Waals surface area contributed by atoms with Crippen molar-refractivity contribution in [3.63, 3.8) is 0 Å². The molecule has 12 heteroatoms. The zero-order chi connectivity index (χ0) is 24.3. The average Bonchev–Trinajstić information content (AvgIpc) is 2.81. The number of primary sulfonamides is 1. The first-order chi connectivity index (χ1) is 16.2. The molecule has 2 aromatic rings. The van der Waals surface area contributed by atoms with E-state index in [0.29, 0.717) is 18.8 Å². The molecule has 2 heterocycles. The van der Waals surface area contributed by atoms with Gasteiger partial charge in [-0.3, -0.25) is 9.79 Å². The van der Waals surface area contributed by atoms with E-state index in [9.17, 15) is 22.7 Å². The number of phenolic OH excluding ortho intramolecular Hbond substituents is 1. The fourth-order valence-electron chi connectivity index (χ4n) is 3.98. The van der Waals surface area contributed by atoms with E-state index in [0.717, 1.165) is 62.6 Å². The lowest BCUT2D eigenvalue weighted by atomic mass is 10.0. The van der Waals surface area contributed by atoms with Crippen molar-refractivity contribution in [2.24, 2.45) is 10.1 Å². The first-order valence-corrected chi connectivity index (χ1v) is 12.5. The first-order valence-electron chi connectivity index (χ1n) is 11.0. The summed E-state index contributed by atoms with van der Waals surface area (Å²) in [6.45, 7) is 3.03. The number of nitrogens with zero attached hydrogens (tertiary/aromatic N) is 2.